The van der Waals surface area contributed by atoms with E-state index in [1.54, 1.807) is 0 Å². The van der Waals surface area contributed by atoms with Gasteiger partial charge in [-0.05, 0) is 0 Å². The van der Waals surface area contributed by atoms with Crippen molar-refractivity contribution in [1.29, 1.82) is 0 Å². The topological polar surface area (TPSA) is 134 Å². The zero-order valence-corrected chi connectivity index (χ0v) is 9.54. The molecule has 0 heterocycles. The van der Waals surface area contributed by atoms with Crippen LogP contribution in [0.4, 0.5) is 0 Å². The summed E-state index contributed by atoms with van der Waals surface area (Å²) in [6, 6.07) is 0. The molecule has 0 amide bonds. The zero-order valence-electron chi connectivity index (χ0n) is 9.54. The summed E-state index contributed by atoms with van der Waals surface area (Å²) in [4.78, 5) is 22.0. The predicted octanol–water partition coefficient (Wildman–Crippen LogP) is -1.44. The molecule has 0 aromatic rings. The first-order valence-corrected chi connectivity index (χ1v) is 4.95. The number of rotatable bonds is 6. The number of carbonyl (C=O) groups excluding carboxylic acids is 2. The van der Waals surface area contributed by atoms with Crippen molar-refractivity contribution in [3.05, 3.63) is 0 Å². The minimum absolute atomic E-state index is 0.285. The Hall–Kier alpha value is -1.22. The minimum atomic E-state index is -2.66. The summed E-state index contributed by atoms with van der Waals surface area (Å²) in [6.45, 7) is 2.68. The maximum atomic E-state index is 11.0. The van der Waals surface area contributed by atoms with Gasteiger partial charge in [-0.25, -0.2) is 0 Å². The maximum Gasteiger partial charge on any atom is 0.324 e. The fourth-order valence-electron chi connectivity index (χ4n) is 0.699. The van der Waals surface area contributed by atoms with Crippen LogP contribution in [0.15, 0.2) is 0 Å². The van der Waals surface area contributed by atoms with Crippen molar-refractivity contribution < 1.29 is 39.5 Å². The third-order valence-electron chi connectivity index (χ3n) is 1.76. The van der Waals surface area contributed by atoms with Crippen molar-refractivity contribution in [2.24, 2.45) is 0 Å². The van der Waals surface area contributed by atoms with Gasteiger partial charge in [0.1, 0.15) is 6.42 Å². The largest absolute Gasteiger partial charge is 0.408 e. The molecule has 0 unspecified atom stereocenters. The molecule has 0 aliphatic heterocycles. The standard InChI is InChI=1S/C9H16O8/c1-3-8(12,13)16-6(10)5-7(11)17-9(14,15)4-2/h12-15H,3-5H2,1-2H3. The van der Waals surface area contributed by atoms with Gasteiger partial charge in [-0.2, -0.15) is 0 Å². The molecule has 0 radical (unpaired) electrons. The fraction of sp³-hybridized carbons (Fsp3) is 0.778. The smallest absolute Gasteiger partial charge is 0.324 e. The maximum absolute atomic E-state index is 11.0. The normalized spacial score (nSPS) is 12.1. The average molecular weight is 252 g/mol. The quantitative estimate of drug-likeness (QED) is 0.256. The van der Waals surface area contributed by atoms with Gasteiger partial charge in [-0.3, -0.25) is 9.59 Å². The monoisotopic (exact) mass is 252 g/mol. The lowest BCUT2D eigenvalue weighted by Gasteiger charge is -2.21. The highest BCUT2D eigenvalue weighted by Crippen LogP contribution is 2.11. The summed E-state index contributed by atoms with van der Waals surface area (Å²) < 4.78 is 8.23. The van der Waals surface area contributed by atoms with Crippen LogP contribution in [0.2, 0.25) is 0 Å². The SMILES string of the molecule is CCC(O)(O)OC(=O)CC(=O)OC(O)(O)CC. The number of hydrogen-bond acceptors (Lipinski definition) is 8. The molecule has 4 N–H and O–H groups in total. The van der Waals surface area contributed by atoms with E-state index < -0.39 is 30.3 Å². The van der Waals surface area contributed by atoms with Gasteiger partial charge in [0.15, 0.2) is 0 Å². The highest BCUT2D eigenvalue weighted by atomic mass is 16.8. The highest BCUT2D eigenvalue weighted by Gasteiger charge is 2.30. The molecule has 0 saturated carbocycles. The van der Waals surface area contributed by atoms with Crippen molar-refractivity contribution in [2.75, 3.05) is 0 Å². The Morgan fingerprint density at radius 2 is 1.18 bits per heavy atom. The Morgan fingerprint density at radius 1 is 0.882 bits per heavy atom. The lowest BCUT2D eigenvalue weighted by Crippen LogP contribution is -2.37. The third kappa shape index (κ3) is 6.84. The Morgan fingerprint density at radius 3 is 1.41 bits per heavy atom. The first kappa shape index (κ1) is 15.8. The molecule has 0 aromatic heterocycles. The van der Waals surface area contributed by atoms with Crippen LogP contribution in [0.1, 0.15) is 33.1 Å². The van der Waals surface area contributed by atoms with Crippen molar-refractivity contribution in [2.45, 2.75) is 45.1 Å². The fourth-order valence-corrected chi connectivity index (χ4v) is 0.699. The molecule has 0 atom stereocenters. The molecule has 100 valence electrons. The van der Waals surface area contributed by atoms with Gasteiger partial charge < -0.3 is 29.9 Å². The Kier molecular flexibility index (Phi) is 5.49. The molecule has 0 aliphatic rings. The first-order chi connectivity index (χ1) is 7.62. The second-order valence-corrected chi connectivity index (χ2v) is 3.32. The molecular formula is C9H16O8. The van der Waals surface area contributed by atoms with Crippen LogP contribution in [0.3, 0.4) is 0 Å². The summed E-state index contributed by atoms with van der Waals surface area (Å²) in [5.74, 6) is -7.82. The summed E-state index contributed by atoms with van der Waals surface area (Å²) in [5.41, 5.74) is 0. The summed E-state index contributed by atoms with van der Waals surface area (Å²) in [7, 11) is 0. The predicted molar refractivity (Wildman–Crippen MR) is 51.7 cm³/mol. The van der Waals surface area contributed by atoms with Gasteiger partial charge in [-0.15, -0.1) is 0 Å². The van der Waals surface area contributed by atoms with E-state index in [0.29, 0.717) is 0 Å². The van der Waals surface area contributed by atoms with E-state index in [1.807, 2.05) is 0 Å². The highest BCUT2D eigenvalue weighted by molar-refractivity contribution is 5.91. The molecule has 0 fully saturated rings. The Balaban J connectivity index is 4.19. The second-order valence-electron chi connectivity index (χ2n) is 3.32. The third-order valence-corrected chi connectivity index (χ3v) is 1.76. The molecule has 0 aliphatic carbocycles. The zero-order chi connectivity index (χ0) is 13.7. The van der Waals surface area contributed by atoms with Crippen LogP contribution >= 0.6 is 0 Å². The first-order valence-electron chi connectivity index (χ1n) is 4.95. The number of ether oxygens (including phenoxy) is 2. The van der Waals surface area contributed by atoms with Crippen LogP contribution in [-0.2, 0) is 19.1 Å². The van der Waals surface area contributed by atoms with E-state index in [2.05, 4.69) is 9.47 Å². The van der Waals surface area contributed by atoms with Gasteiger partial charge >= 0.3 is 23.9 Å². The van der Waals surface area contributed by atoms with Gasteiger partial charge in [0.25, 0.3) is 0 Å². The Labute approximate surface area is 97.4 Å². The van der Waals surface area contributed by atoms with Gasteiger partial charge in [-0.1, -0.05) is 13.8 Å². The summed E-state index contributed by atoms with van der Waals surface area (Å²) in [5, 5.41) is 35.8. The van der Waals surface area contributed by atoms with Crippen molar-refractivity contribution >= 4 is 11.9 Å². The number of hydrogen-bond donors (Lipinski definition) is 4. The second kappa shape index (κ2) is 5.92. The van der Waals surface area contributed by atoms with Gasteiger partial charge in [0.05, 0.1) is 0 Å². The lowest BCUT2D eigenvalue weighted by molar-refractivity contribution is -0.324. The van der Waals surface area contributed by atoms with E-state index in [1.165, 1.54) is 13.8 Å². The van der Waals surface area contributed by atoms with Crippen molar-refractivity contribution in [3.8, 4) is 0 Å². The van der Waals surface area contributed by atoms with E-state index in [4.69, 9.17) is 20.4 Å². The summed E-state index contributed by atoms with van der Waals surface area (Å²) in [6.07, 6.45) is -1.54. The van der Waals surface area contributed by atoms with Crippen LogP contribution in [0.5, 0.6) is 0 Å². The van der Waals surface area contributed by atoms with Gasteiger partial charge in [0, 0.05) is 12.8 Å². The number of aliphatic hydroxyl groups is 4. The number of carbonyl (C=O) groups is 2. The molecule has 0 bridgehead atoms. The van der Waals surface area contributed by atoms with Crippen molar-refractivity contribution in [3.63, 3.8) is 0 Å². The molecule has 17 heavy (non-hydrogen) atoms. The molecule has 8 nitrogen and oxygen atoms in total. The van der Waals surface area contributed by atoms with E-state index in [-0.39, 0.29) is 12.8 Å². The number of esters is 2. The van der Waals surface area contributed by atoms with Crippen LogP contribution in [-0.4, -0.2) is 44.3 Å². The molecule has 8 heteroatoms. The molecular weight excluding hydrogens is 236 g/mol. The van der Waals surface area contributed by atoms with E-state index >= 15 is 0 Å². The van der Waals surface area contributed by atoms with Crippen LogP contribution in [0.25, 0.3) is 0 Å². The van der Waals surface area contributed by atoms with Gasteiger partial charge in [0.2, 0.25) is 0 Å². The Bertz CT molecular complexity index is 255. The van der Waals surface area contributed by atoms with E-state index in [0.717, 1.165) is 0 Å². The van der Waals surface area contributed by atoms with E-state index in [9.17, 15) is 9.59 Å². The molecule has 0 rings (SSSR count). The van der Waals surface area contributed by atoms with Crippen LogP contribution < -0.4 is 0 Å². The molecule has 0 aromatic carbocycles. The van der Waals surface area contributed by atoms with Crippen LogP contribution in [0, 0.1) is 0 Å². The minimum Gasteiger partial charge on any atom is -0.408 e. The molecule has 0 spiro atoms. The summed E-state index contributed by atoms with van der Waals surface area (Å²) >= 11 is 0. The van der Waals surface area contributed by atoms with Crippen molar-refractivity contribution in [1.82, 2.24) is 0 Å². The average Bonchev–Trinajstić information content (AvgIpc) is 2.15. The lowest BCUT2D eigenvalue weighted by atomic mass is 10.4. The molecule has 0 saturated heterocycles.